The number of phenolic OH excluding ortho intramolecular Hbond substituents is 1. The number of ether oxygens (including phenoxy) is 1. The molecule has 4 rings (SSSR count). The summed E-state index contributed by atoms with van der Waals surface area (Å²) in [6.45, 7) is 0.823. The molecule has 0 saturated heterocycles. The number of aliphatic hydroxyl groups excluding tert-OH is 1. The summed E-state index contributed by atoms with van der Waals surface area (Å²) in [5.74, 6) is 1.54. The summed E-state index contributed by atoms with van der Waals surface area (Å²) < 4.78 is 5.80. The van der Waals surface area contributed by atoms with E-state index in [0.29, 0.717) is 12.5 Å². The molecule has 0 heterocycles. The second kappa shape index (κ2) is 10.0. The summed E-state index contributed by atoms with van der Waals surface area (Å²) >= 11 is 0. The Morgan fingerprint density at radius 1 is 0.875 bits per heavy atom. The molecular weight excluding hydrogens is 398 g/mol. The zero-order valence-electron chi connectivity index (χ0n) is 18.7. The Bertz CT molecular complexity index is 1040. The summed E-state index contributed by atoms with van der Waals surface area (Å²) in [5, 5.41) is 19.9. The predicted molar refractivity (Wildman–Crippen MR) is 130 cm³/mol. The maximum Gasteiger partial charge on any atom is 0.119 e. The number of aliphatic hydroxyl groups is 1. The molecule has 0 spiro atoms. The minimum absolute atomic E-state index is 0.259. The minimum Gasteiger partial charge on any atom is -0.508 e. The lowest BCUT2D eigenvalue weighted by molar-refractivity contribution is 0.0831. The van der Waals surface area contributed by atoms with Crippen LogP contribution in [0.4, 0.5) is 0 Å². The maximum atomic E-state index is 10.1. The van der Waals surface area contributed by atoms with Gasteiger partial charge in [-0.2, -0.15) is 0 Å². The first-order valence-corrected chi connectivity index (χ1v) is 11.2. The number of hydrogen-bond donors (Lipinski definition) is 2. The highest BCUT2D eigenvalue weighted by Crippen LogP contribution is 2.47. The van der Waals surface area contributed by atoms with Gasteiger partial charge in [0, 0.05) is 6.54 Å². The number of allylic oxidation sites excluding steroid dienone is 1. The number of rotatable bonds is 9. The van der Waals surface area contributed by atoms with Crippen molar-refractivity contribution in [2.45, 2.75) is 18.9 Å². The first-order valence-electron chi connectivity index (χ1n) is 11.2. The molecular formula is C28H31NO3. The van der Waals surface area contributed by atoms with Gasteiger partial charge in [-0.25, -0.2) is 0 Å². The standard InChI is InChI=1S/C28H31NO3/c1-29(2)18-25(31)19-32-26-16-12-23(13-17-26)28(22-10-14-24(30)15-11-22)27(21-8-9-21)20-6-4-3-5-7-20/h3-7,10-17,21,25,30-31H,8-9,18-19H2,1-2H3. The highest BCUT2D eigenvalue weighted by molar-refractivity contribution is 6.00. The molecule has 0 amide bonds. The van der Waals surface area contributed by atoms with Crippen molar-refractivity contribution in [1.82, 2.24) is 4.90 Å². The van der Waals surface area contributed by atoms with E-state index in [1.807, 2.05) is 49.3 Å². The zero-order valence-corrected chi connectivity index (χ0v) is 18.7. The van der Waals surface area contributed by atoms with Crippen molar-refractivity contribution in [1.29, 1.82) is 0 Å². The molecule has 1 aliphatic carbocycles. The van der Waals surface area contributed by atoms with Crippen LogP contribution < -0.4 is 4.74 Å². The molecule has 0 aliphatic heterocycles. The topological polar surface area (TPSA) is 52.9 Å². The highest BCUT2D eigenvalue weighted by Gasteiger charge is 2.30. The molecule has 4 nitrogen and oxygen atoms in total. The van der Waals surface area contributed by atoms with E-state index in [1.54, 1.807) is 12.1 Å². The monoisotopic (exact) mass is 429 g/mol. The average molecular weight is 430 g/mol. The van der Waals surface area contributed by atoms with Crippen LogP contribution in [0.1, 0.15) is 29.5 Å². The van der Waals surface area contributed by atoms with Gasteiger partial charge in [0.1, 0.15) is 24.2 Å². The molecule has 166 valence electrons. The fourth-order valence-corrected chi connectivity index (χ4v) is 4.06. The molecule has 1 aliphatic rings. The molecule has 1 atom stereocenters. The van der Waals surface area contributed by atoms with Crippen LogP contribution in [0, 0.1) is 5.92 Å². The van der Waals surface area contributed by atoms with E-state index in [0.717, 1.165) is 16.9 Å². The van der Waals surface area contributed by atoms with Crippen LogP contribution in [0.3, 0.4) is 0 Å². The molecule has 0 radical (unpaired) electrons. The van der Waals surface area contributed by atoms with Crippen molar-refractivity contribution in [3.63, 3.8) is 0 Å². The first kappa shape index (κ1) is 22.1. The van der Waals surface area contributed by atoms with Gasteiger partial charge in [0.05, 0.1) is 0 Å². The number of aromatic hydroxyl groups is 1. The van der Waals surface area contributed by atoms with Crippen LogP contribution in [0.5, 0.6) is 11.5 Å². The molecule has 1 saturated carbocycles. The fourth-order valence-electron chi connectivity index (χ4n) is 4.06. The van der Waals surface area contributed by atoms with E-state index >= 15 is 0 Å². The van der Waals surface area contributed by atoms with Gasteiger partial charge in [0.15, 0.2) is 0 Å². The number of hydrogen-bond acceptors (Lipinski definition) is 4. The third-order valence-corrected chi connectivity index (χ3v) is 5.66. The molecule has 4 heteroatoms. The van der Waals surface area contributed by atoms with Crippen LogP contribution in [-0.4, -0.2) is 48.5 Å². The van der Waals surface area contributed by atoms with Crippen LogP contribution >= 0.6 is 0 Å². The van der Waals surface area contributed by atoms with Gasteiger partial charge in [0.25, 0.3) is 0 Å². The number of phenols is 1. The SMILES string of the molecule is CN(C)CC(O)COc1ccc(C(=C(c2ccccc2)C2CC2)c2ccc(O)cc2)cc1. The Labute approximate surface area is 190 Å². The van der Waals surface area contributed by atoms with Crippen molar-refractivity contribution in [3.05, 3.63) is 95.6 Å². The summed E-state index contributed by atoms with van der Waals surface area (Å²) in [4.78, 5) is 1.94. The second-order valence-electron chi connectivity index (χ2n) is 8.73. The lowest BCUT2D eigenvalue weighted by atomic mass is 9.87. The molecule has 1 fully saturated rings. The lowest BCUT2D eigenvalue weighted by Crippen LogP contribution is -2.30. The molecule has 1 unspecified atom stereocenters. The van der Waals surface area contributed by atoms with Gasteiger partial charge >= 0.3 is 0 Å². The van der Waals surface area contributed by atoms with Crippen molar-refractivity contribution >= 4 is 11.1 Å². The minimum atomic E-state index is -0.531. The lowest BCUT2D eigenvalue weighted by Gasteiger charge is -2.19. The number of likely N-dealkylation sites (N-methyl/N-ethyl adjacent to an activating group) is 1. The summed E-state index contributed by atoms with van der Waals surface area (Å²) in [5.41, 5.74) is 5.99. The summed E-state index contributed by atoms with van der Waals surface area (Å²) in [7, 11) is 3.86. The Hall–Kier alpha value is -3.08. The predicted octanol–water partition coefficient (Wildman–Crippen LogP) is 5.06. The number of benzene rings is 3. The summed E-state index contributed by atoms with van der Waals surface area (Å²) in [6, 6.07) is 26.1. The van der Waals surface area contributed by atoms with Crippen LogP contribution in [0.25, 0.3) is 11.1 Å². The van der Waals surface area contributed by atoms with Gasteiger partial charge in [-0.05, 0) is 85.0 Å². The van der Waals surface area contributed by atoms with Gasteiger partial charge in [0.2, 0.25) is 0 Å². The van der Waals surface area contributed by atoms with E-state index in [4.69, 9.17) is 4.74 Å². The smallest absolute Gasteiger partial charge is 0.119 e. The number of nitrogens with zero attached hydrogens (tertiary/aromatic N) is 1. The van der Waals surface area contributed by atoms with Gasteiger partial charge in [-0.15, -0.1) is 0 Å². The van der Waals surface area contributed by atoms with E-state index in [-0.39, 0.29) is 12.4 Å². The van der Waals surface area contributed by atoms with Gasteiger partial charge in [-0.1, -0.05) is 54.6 Å². The van der Waals surface area contributed by atoms with E-state index in [9.17, 15) is 10.2 Å². The molecule has 2 N–H and O–H groups in total. The van der Waals surface area contributed by atoms with E-state index < -0.39 is 6.10 Å². The highest BCUT2D eigenvalue weighted by atomic mass is 16.5. The molecule has 0 bridgehead atoms. The third kappa shape index (κ3) is 5.58. The van der Waals surface area contributed by atoms with Gasteiger partial charge in [-0.3, -0.25) is 0 Å². The Balaban J connectivity index is 1.69. The Morgan fingerprint density at radius 3 is 2.03 bits per heavy atom. The van der Waals surface area contributed by atoms with Crippen molar-refractivity contribution < 1.29 is 14.9 Å². The zero-order chi connectivity index (χ0) is 22.5. The molecule has 32 heavy (non-hydrogen) atoms. The van der Waals surface area contributed by atoms with E-state index in [2.05, 4.69) is 36.4 Å². The summed E-state index contributed by atoms with van der Waals surface area (Å²) in [6.07, 6.45) is 1.85. The first-order chi connectivity index (χ1) is 15.5. The maximum absolute atomic E-state index is 10.1. The molecule has 0 aromatic heterocycles. The third-order valence-electron chi connectivity index (χ3n) is 5.66. The quantitative estimate of drug-likeness (QED) is 0.467. The van der Waals surface area contributed by atoms with Gasteiger partial charge < -0.3 is 19.8 Å². The van der Waals surface area contributed by atoms with Crippen molar-refractivity contribution in [3.8, 4) is 11.5 Å². The van der Waals surface area contributed by atoms with Crippen LogP contribution in [-0.2, 0) is 0 Å². The molecule has 3 aromatic carbocycles. The Kier molecular flexibility index (Phi) is 6.93. The fraction of sp³-hybridized carbons (Fsp3) is 0.286. The van der Waals surface area contributed by atoms with Crippen LogP contribution in [0.2, 0.25) is 0 Å². The average Bonchev–Trinajstić information content (AvgIpc) is 3.62. The second-order valence-corrected chi connectivity index (χ2v) is 8.73. The van der Waals surface area contributed by atoms with E-state index in [1.165, 1.54) is 29.6 Å². The van der Waals surface area contributed by atoms with Crippen molar-refractivity contribution in [2.75, 3.05) is 27.2 Å². The Morgan fingerprint density at radius 2 is 1.47 bits per heavy atom. The van der Waals surface area contributed by atoms with Crippen LogP contribution in [0.15, 0.2) is 78.9 Å². The molecule has 3 aromatic rings. The van der Waals surface area contributed by atoms with Crippen molar-refractivity contribution in [2.24, 2.45) is 5.92 Å². The normalized spacial score (nSPS) is 15.4. The largest absolute Gasteiger partial charge is 0.508 e.